The molecule has 3 rings (SSSR count). The van der Waals surface area contributed by atoms with Gasteiger partial charge in [0.1, 0.15) is 10.8 Å². The molecule has 0 unspecified atom stereocenters. The van der Waals surface area contributed by atoms with Crippen molar-refractivity contribution in [2.24, 2.45) is 0 Å². The average Bonchev–Trinajstić information content (AvgIpc) is 3.20. The molecule has 0 saturated heterocycles. The Morgan fingerprint density at radius 3 is 2.54 bits per heavy atom. The summed E-state index contributed by atoms with van der Waals surface area (Å²) in [4.78, 5) is 10.3. The molecule has 0 spiro atoms. The van der Waals surface area contributed by atoms with Crippen LogP contribution in [0.15, 0.2) is 52.9 Å². The summed E-state index contributed by atoms with van der Waals surface area (Å²) in [5.74, 6) is 1.20. The lowest BCUT2D eigenvalue weighted by Crippen LogP contribution is -1.95. The topological polar surface area (TPSA) is 91.3 Å². The minimum absolute atomic E-state index is 0.0106. The smallest absolute Gasteiger partial charge is 0.269 e. The largest absolute Gasteiger partial charge is 0.494 e. The summed E-state index contributed by atoms with van der Waals surface area (Å²) in [6.07, 6.45) is 3.81. The maximum absolute atomic E-state index is 10.7. The Morgan fingerprint density at radius 2 is 1.89 bits per heavy atom. The highest BCUT2D eigenvalue weighted by Gasteiger charge is 2.13. The number of nitrogens with zero attached hydrogens (tertiary/aromatic N) is 3. The Labute approximate surface area is 166 Å². The third-order valence-corrected chi connectivity index (χ3v) is 4.17. The van der Waals surface area contributed by atoms with Crippen molar-refractivity contribution in [3.05, 3.63) is 70.1 Å². The number of hydrogen-bond acceptors (Lipinski definition) is 6. The van der Waals surface area contributed by atoms with Crippen molar-refractivity contribution >= 4 is 28.4 Å². The molecule has 0 bridgehead atoms. The van der Waals surface area contributed by atoms with E-state index in [2.05, 4.69) is 17.1 Å². The fraction of sp³-hybridized carbons (Fsp3) is 0.200. The second-order valence-electron chi connectivity index (χ2n) is 5.98. The molecule has 0 aliphatic heterocycles. The molecule has 3 aromatic rings. The monoisotopic (exact) mass is 399 g/mol. The first kappa shape index (κ1) is 19.6. The van der Waals surface area contributed by atoms with Gasteiger partial charge in [-0.3, -0.25) is 10.1 Å². The van der Waals surface area contributed by atoms with E-state index in [4.69, 9.17) is 20.8 Å². The van der Waals surface area contributed by atoms with E-state index in [1.54, 1.807) is 18.2 Å². The summed E-state index contributed by atoms with van der Waals surface area (Å²) in [7, 11) is 0. The molecule has 0 saturated carbocycles. The van der Waals surface area contributed by atoms with Crippen LogP contribution in [0.1, 0.15) is 31.2 Å². The number of non-ortho nitro benzene ring substituents is 1. The zero-order valence-corrected chi connectivity index (χ0v) is 15.9. The Morgan fingerprint density at radius 1 is 1.18 bits per heavy atom. The van der Waals surface area contributed by atoms with E-state index < -0.39 is 4.92 Å². The molecule has 0 aliphatic carbocycles. The molecule has 0 radical (unpaired) electrons. The summed E-state index contributed by atoms with van der Waals surface area (Å²) < 4.78 is 11.2. The molecule has 1 aromatic heterocycles. The number of nitro benzene ring substituents is 1. The van der Waals surface area contributed by atoms with E-state index in [-0.39, 0.29) is 17.5 Å². The zero-order chi connectivity index (χ0) is 19.9. The minimum Gasteiger partial charge on any atom is -0.494 e. The molecule has 2 aromatic carbocycles. The minimum atomic E-state index is -0.469. The van der Waals surface area contributed by atoms with Gasteiger partial charge in [0, 0.05) is 17.7 Å². The summed E-state index contributed by atoms with van der Waals surface area (Å²) in [6, 6.07) is 13.4. The lowest BCUT2D eigenvalue weighted by molar-refractivity contribution is -0.384. The fourth-order valence-corrected chi connectivity index (χ4v) is 2.57. The van der Waals surface area contributed by atoms with Crippen molar-refractivity contribution in [3.8, 4) is 17.2 Å². The van der Waals surface area contributed by atoms with Gasteiger partial charge in [0.05, 0.1) is 11.5 Å². The van der Waals surface area contributed by atoms with Crippen LogP contribution < -0.4 is 4.74 Å². The molecule has 28 heavy (non-hydrogen) atoms. The summed E-state index contributed by atoms with van der Waals surface area (Å²) in [6.45, 7) is 2.81. The van der Waals surface area contributed by atoms with Gasteiger partial charge in [0.2, 0.25) is 5.89 Å². The molecule has 7 nitrogen and oxygen atoms in total. The molecule has 0 atom stereocenters. The first-order chi connectivity index (χ1) is 13.6. The Hall–Kier alpha value is -3.19. The second-order valence-corrected chi connectivity index (χ2v) is 6.39. The molecule has 8 heteroatoms. The lowest BCUT2D eigenvalue weighted by atomic mass is 10.2. The lowest BCUT2D eigenvalue weighted by Gasteiger charge is -2.05. The number of hydrogen-bond donors (Lipinski definition) is 0. The van der Waals surface area contributed by atoms with Gasteiger partial charge >= 0.3 is 0 Å². The maximum Gasteiger partial charge on any atom is 0.269 e. The molecule has 0 amide bonds. The molecule has 0 fully saturated rings. The highest BCUT2D eigenvalue weighted by molar-refractivity contribution is 6.50. The first-order valence-corrected chi connectivity index (χ1v) is 9.13. The van der Waals surface area contributed by atoms with Gasteiger partial charge in [-0.1, -0.05) is 37.1 Å². The number of benzene rings is 2. The number of ether oxygens (including phenoxy) is 1. The number of rotatable bonds is 8. The maximum atomic E-state index is 10.7. The van der Waals surface area contributed by atoms with Gasteiger partial charge in [0.15, 0.2) is 0 Å². The van der Waals surface area contributed by atoms with Crippen LogP contribution in [0, 0.1) is 10.1 Å². The standard InChI is InChI=1S/C20H18ClN3O4/c1-2-3-12-27-17-10-4-14(5-11-17)13-18(21)20-23-22-19(28-20)15-6-8-16(9-7-15)24(25)26/h4-11,13H,2-3,12H2,1H3/b18-13-. The predicted octanol–water partition coefficient (Wildman–Crippen LogP) is 5.56. The van der Waals surface area contributed by atoms with E-state index in [1.807, 2.05) is 24.3 Å². The van der Waals surface area contributed by atoms with Crippen LogP contribution in [-0.4, -0.2) is 21.7 Å². The van der Waals surface area contributed by atoms with Crippen LogP contribution in [0.2, 0.25) is 0 Å². The third-order valence-electron chi connectivity index (χ3n) is 3.89. The van der Waals surface area contributed by atoms with E-state index in [9.17, 15) is 10.1 Å². The molecule has 1 heterocycles. The van der Waals surface area contributed by atoms with Gasteiger partial charge in [-0.15, -0.1) is 10.2 Å². The normalized spacial score (nSPS) is 11.4. The zero-order valence-electron chi connectivity index (χ0n) is 15.2. The van der Waals surface area contributed by atoms with Gasteiger partial charge < -0.3 is 9.15 Å². The highest BCUT2D eigenvalue weighted by atomic mass is 35.5. The van der Waals surface area contributed by atoms with Crippen molar-refractivity contribution in [2.45, 2.75) is 19.8 Å². The van der Waals surface area contributed by atoms with Crippen molar-refractivity contribution in [1.82, 2.24) is 10.2 Å². The van der Waals surface area contributed by atoms with Gasteiger partial charge in [0.25, 0.3) is 11.6 Å². The number of nitro groups is 1. The van der Waals surface area contributed by atoms with Crippen molar-refractivity contribution < 1.29 is 14.1 Å². The van der Waals surface area contributed by atoms with E-state index in [1.165, 1.54) is 12.1 Å². The fourth-order valence-electron chi connectivity index (χ4n) is 2.36. The second kappa shape index (κ2) is 9.14. The van der Waals surface area contributed by atoms with Gasteiger partial charge in [-0.05, 0) is 42.3 Å². The van der Waals surface area contributed by atoms with Crippen LogP contribution in [0.3, 0.4) is 0 Å². The van der Waals surface area contributed by atoms with E-state index in [0.717, 1.165) is 24.2 Å². The van der Waals surface area contributed by atoms with Crippen LogP contribution in [0.4, 0.5) is 5.69 Å². The quantitative estimate of drug-likeness (QED) is 0.279. The summed E-state index contributed by atoms with van der Waals surface area (Å²) >= 11 is 6.29. The number of aromatic nitrogens is 2. The molecular formula is C20H18ClN3O4. The Balaban J connectivity index is 1.70. The molecule has 144 valence electrons. The Kier molecular flexibility index (Phi) is 6.39. The van der Waals surface area contributed by atoms with Gasteiger partial charge in [-0.25, -0.2) is 0 Å². The van der Waals surface area contributed by atoms with E-state index in [0.29, 0.717) is 17.2 Å². The van der Waals surface area contributed by atoms with Crippen LogP contribution in [-0.2, 0) is 0 Å². The van der Waals surface area contributed by atoms with Crippen LogP contribution in [0.25, 0.3) is 22.6 Å². The molecular weight excluding hydrogens is 382 g/mol. The van der Waals surface area contributed by atoms with Crippen LogP contribution >= 0.6 is 11.6 Å². The van der Waals surface area contributed by atoms with Crippen molar-refractivity contribution in [3.63, 3.8) is 0 Å². The summed E-state index contributed by atoms with van der Waals surface area (Å²) in [5.41, 5.74) is 1.42. The highest BCUT2D eigenvalue weighted by Crippen LogP contribution is 2.26. The van der Waals surface area contributed by atoms with Crippen molar-refractivity contribution in [2.75, 3.05) is 6.61 Å². The molecule has 0 aliphatic rings. The third kappa shape index (κ3) is 4.95. The van der Waals surface area contributed by atoms with Crippen molar-refractivity contribution in [1.29, 1.82) is 0 Å². The first-order valence-electron chi connectivity index (χ1n) is 8.75. The SMILES string of the molecule is CCCCOc1ccc(/C=C(\Cl)c2nnc(-c3ccc([N+](=O)[O-])cc3)o2)cc1. The Bertz CT molecular complexity index is 966. The van der Waals surface area contributed by atoms with Gasteiger partial charge in [-0.2, -0.15) is 0 Å². The number of halogens is 1. The summed E-state index contributed by atoms with van der Waals surface area (Å²) in [5, 5.41) is 18.9. The number of unbranched alkanes of at least 4 members (excludes halogenated alkanes) is 1. The van der Waals surface area contributed by atoms with Crippen LogP contribution in [0.5, 0.6) is 5.75 Å². The molecule has 0 N–H and O–H groups in total. The average molecular weight is 400 g/mol. The van der Waals surface area contributed by atoms with E-state index >= 15 is 0 Å². The predicted molar refractivity (Wildman–Crippen MR) is 107 cm³/mol.